The van der Waals surface area contributed by atoms with Crippen LogP contribution in [0, 0.1) is 11.3 Å². The summed E-state index contributed by atoms with van der Waals surface area (Å²) in [6.07, 6.45) is 0.158. The molecule has 0 bridgehead atoms. The highest BCUT2D eigenvalue weighted by Gasteiger charge is 2.17. The molecule has 0 saturated carbocycles. The molecule has 0 heterocycles. The number of benzene rings is 2. The van der Waals surface area contributed by atoms with E-state index in [1.54, 1.807) is 42.5 Å². The van der Waals surface area contributed by atoms with Gasteiger partial charge in [0.1, 0.15) is 0 Å². The molecule has 0 saturated heterocycles. The highest BCUT2D eigenvalue weighted by molar-refractivity contribution is 6.42. The van der Waals surface area contributed by atoms with Crippen molar-refractivity contribution in [3.05, 3.63) is 64.1 Å². The number of para-hydroxylation sites is 1. The number of carbonyl (C=O) groups excluding carboxylic acids is 2. The molecule has 0 N–H and O–H groups in total. The molecule has 2 aromatic carbocycles. The molecular formula is C19H16Cl2N2O3. The molecule has 0 aromatic heterocycles. The van der Waals surface area contributed by atoms with E-state index >= 15 is 0 Å². The van der Waals surface area contributed by atoms with Crippen LogP contribution in [0.5, 0.6) is 0 Å². The molecule has 5 nitrogen and oxygen atoms in total. The topological polar surface area (TPSA) is 70.4 Å². The smallest absolute Gasteiger partial charge is 0.310 e. The van der Waals surface area contributed by atoms with Gasteiger partial charge in [-0.1, -0.05) is 47.5 Å². The molecule has 0 aliphatic heterocycles. The van der Waals surface area contributed by atoms with Crippen LogP contribution in [0.1, 0.15) is 12.0 Å². The first-order valence-electron chi connectivity index (χ1n) is 7.83. The van der Waals surface area contributed by atoms with E-state index in [1.165, 1.54) is 4.90 Å². The lowest BCUT2D eigenvalue weighted by Gasteiger charge is -2.21. The van der Waals surface area contributed by atoms with E-state index < -0.39 is 18.5 Å². The van der Waals surface area contributed by atoms with Gasteiger partial charge in [0, 0.05) is 12.2 Å². The van der Waals surface area contributed by atoms with Gasteiger partial charge in [0.15, 0.2) is 6.61 Å². The Morgan fingerprint density at radius 1 is 1.08 bits per heavy atom. The fourth-order valence-electron chi connectivity index (χ4n) is 2.25. The van der Waals surface area contributed by atoms with Crippen LogP contribution in [-0.4, -0.2) is 25.0 Å². The highest BCUT2D eigenvalue weighted by atomic mass is 35.5. The lowest BCUT2D eigenvalue weighted by molar-refractivity contribution is -0.147. The standard InChI is InChI=1S/C19H16Cl2N2O3/c20-16-8-7-14(11-17(16)21)12-19(25)26-13-18(24)23(10-4-9-22)15-5-2-1-3-6-15/h1-3,5-8,11H,4,10,12-13H2. The second-order valence-electron chi connectivity index (χ2n) is 5.37. The summed E-state index contributed by atoms with van der Waals surface area (Å²) in [5.74, 6) is -0.945. The molecule has 134 valence electrons. The number of ether oxygens (including phenoxy) is 1. The number of nitrogens with zero attached hydrogens (tertiary/aromatic N) is 2. The van der Waals surface area contributed by atoms with Gasteiger partial charge in [-0.15, -0.1) is 0 Å². The maximum absolute atomic E-state index is 12.4. The summed E-state index contributed by atoms with van der Waals surface area (Å²) in [7, 11) is 0. The van der Waals surface area contributed by atoms with E-state index in [0.29, 0.717) is 21.3 Å². The second kappa shape index (κ2) is 9.81. The monoisotopic (exact) mass is 390 g/mol. The SMILES string of the molecule is N#CCCN(C(=O)COC(=O)Cc1ccc(Cl)c(Cl)c1)c1ccccc1. The fourth-order valence-corrected chi connectivity index (χ4v) is 2.58. The third-order valence-corrected chi connectivity index (χ3v) is 4.24. The lowest BCUT2D eigenvalue weighted by atomic mass is 10.1. The van der Waals surface area contributed by atoms with Crippen molar-refractivity contribution in [3.63, 3.8) is 0 Å². The molecule has 2 aromatic rings. The second-order valence-corrected chi connectivity index (χ2v) is 6.19. The lowest BCUT2D eigenvalue weighted by Crippen LogP contribution is -2.35. The van der Waals surface area contributed by atoms with Gasteiger partial charge in [-0.2, -0.15) is 5.26 Å². The number of carbonyl (C=O) groups is 2. The van der Waals surface area contributed by atoms with Crippen LogP contribution in [0.2, 0.25) is 10.0 Å². The van der Waals surface area contributed by atoms with Crippen molar-refractivity contribution in [2.45, 2.75) is 12.8 Å². The first-order chi connectivity index (χ1) is 12.5. The zero-order valence-electron chi connectivity index (χ0n) is 13.8. The van der Waals surface area contributed by atoms with Crippen molar-refractivity contribution in [2.75, 3.05) is 18.1 Å². The summed E-state index contributed by atoms with van der Waals surface area (Å²) in [4.78, 5) is 25.8. The average molecular weight is 391 g/mol. The zero-order chi connectivity index (χ0) is 18.9. The Morgan fingerprint density at radius 2 is 1.81 bits per heavy atom. The van der Waals surface area contributed by atoms with E-state index in [1.807, 2.05) is 12.1 Å². The minimum absolute atomic E-state index is 0.0201. The van der Waals surface area contributed by atoms with Crippen molar-refractivity contribution >= 4 is 40.8 Å². The van der Waals surface area contributed by atoms with Crippen LogP contribution in [0.25, 0.3) is 0 Å². The van der Waals surface area contributed by atoms with Crippen molar-refractivity contribution in [1.82, 2.24) is 0 Å². The van der Waals surface area contributed by atoms with Gasteiger partial charge < -0.3 is 9.64 Å². The highest BCUT2D eigenvalue weighted by Crippen LogP contribution is 2.23. The Morgan fingerprint density at radius 3 is 2.46 bits per heavy atom. The fraction of sp³-hybridized carbons (Fsp3) is 0.211. The molecule has 2 rings (SSSR count). The van der Waals surface area contributed by atoms with Crippen molar-refractivity contribution < 1.29 is 14.3 Å². The molecule has 1 amide bonds. The van der Waals surface area contributed by atoms with Crippen LogP contribution < -0.4 is 4.90 Å². The normalized spacial score (nSPS) is 10.0. The number of nitriles is 1. The Bertz CT molecular complexity index is 819. The molecule has 0 fully saturated rings. The van der Waals surface area contributed by atoms with Crippen LogP contribution in [-0.2, 0) is 20.7 Å². The molecule has 0 spiro atoms. The van der Waals surface area contributed by atoms with Crippen molar-refractivity contribution in [2.24, 2.45) is 0 Å². The number of halogens is 2. The van der Waals surface area contributed by atoms with Gasteiger partial charge in [0.05, 0.1) is 29.0 Å². The molecular weight excluding hydrogens is 375 g/mol. The third kappa shape index (κ3) is 5.76. The van der Waals surface area contributed by atoms with Gasteiger partial charge in [0.25, 0.3) is 5.91 Å². The van der Waals surface area contributed by atoms with Crippen molar-refractivity contribution in [3.8, 4) is 6.07 Å². The Labute approximate surface area is 161 Å². The van der Waals surface area contributed by atoms with Crippen LogP contribution >= 0.6 is 23.2 Å². The average Bonchev–Trinajstić information content (AvgIpc) is 2.64. The number of hydrogen-bond donors (Lipinski definition) is 0. The summed E-state index contributed by atoms with van der Waals surface area (Å²) in [5.41, 5.74) is 1.29. The van der Waals surface area contributed by atoms with E-state index in [9.17, 15) is 9.59 Å². The number of anilines is 1. The van der Waals surface area contributed by atoms with Gasteiger partial charge in [-0.05, 0) is 29.8 Å². The molecule has 0 aliphatic rings. The largest absolute Gasteiger partial charge is 0.455 e. The number of hydrogen-bond acceptors (Lipinski definition) is 4. The predicted molar refractivity (Wildman–Crippen MR) is 100 cm³/mol. The maximum Gasteiger partial charge on any atom is 0.310 e. The van der Waals surface area contributed by atoms with Gasteiger partial charge in [-0.25, -0.2) is 0 Å². The number of amides is 1. The van der Waals surface area contributed by atoms with Crippen LogP contribution in [0.15, 0.2) is 48.5 Å². The maximum atomic E-state index is 12.4. The first-order valence-corrected chi connectivity index (χ1v) is 8.58. The van der Waals surface area contributed by atoms with Crippen molar-refractivity contribution in [1.29, 1.82) is 5.26 Å². The van der Waals surface area contributed by atoms with Crippen LogP contribution in [0.4, 0.5) is 5.69 Å². The minimum atomic E-state index is -0.551. The molecule has 0 aliphatic carbocycles. The summed E-state index contributed by atoms with van der Waals surface area (Å²) >= 11 is 11.7. The van der Waals surface area contributed by atoms with E-state index in [2.05, 4.69) is 0 Å². The van der Waals surface area contributed by atoms with Gasteiger partial charge >= 0.3 is 5.97 Å². The Balaban J connectivity index is 1.95. The summed E-state index contributed by atoms with van der Waals surface area (Å²) in [6, 6.07) is 15.8. The Kier molecular flexibility index (Phi) is 7.46. The van der Waals surface area contributed by atoms with Crippen LogP contribution in [0.3, 0.4) is 0 Å². The predicted octanol–water partition coefficient (Wildman–Crippen LogP) is 4.03. The quantitative estimate of drug-likeness (QED) is 0.669. The van der Waals surface area contributed by atoms with Gasteiger partial charge in [-0.3, -0.25) is 9.59 Å². The molecule has 0 radical (unpaired) electrons. The number of esters is 1. The molecule has 7 heteroatoms. The molecule has 26 heavy (non-hydrogen) atoms. The summed E-state index contributed by atoms with van der Waals surface area (Å²) in [5, 5.41) is 9.52. The third-order valence-electron chi connectivity index (χ3n) is 3.51. The van der Waals surface area contributed by atoms with Gasteiger partial charge in [0.2, 0.25) is 0 Å². The van der Waals surface area contributed by atoms with E-state index in [4.69, 9.17) is 33.2 Å². The minimum Gasteiger partial charge on any atom is -0.455 e. The summed E-state index contributed by atoms with van der Waals surface area (Å²) < 4.78 is 5.07. The summed E-state index contributed by atoms with van der Waals surface area (Å²) in [6.45, 7) is -0.176. The zero-order valence-corrected chi connectivity index (χ0v) is 15.3. The first kappa shape index (κ1) is 19.8. The van der Waals surface area contributed by atoms with E-state index in [0.717, 1.165) is 0 Å². The number of rotatable bonds is 7. The Hall–Kier alpha value is -2.55. The molecule has 0 unspecified atom stereocenters. The van der Waals surface area contributed by atoms with E-state index in [-0.39, 0.29) is 19.4 Å². The molecule has 0 atom stereocenters.